The van der Waals surface area contributed by atoms with E-state index in [0.29, 0.717) is 5.69 Å². The molecule has 0 unspecified atom stereocenters. The number of pyridine rings is 1. The lowest BCUT2D eigenvalue weighted by molar-refractivity contribution is 0.00615. The number of halogens is 2. The van der Waals surface area contributed by atoms with Crippen LogP contribution >= 0.6 is 45.2 Å². The molecule has 0 aliphatic rings. The smallest absolute Gasteiger partial charge is 0.358 e. The fourth-order valence-corrected chi connectivity index (χ4v) is 2.63. The van der Waals surface area contributed by atoms with Crippen molar-refractivity contribution in [1.82, 2.24) is 4.98 Å². The Bertz CT molecular complexity index is 385. The summed E-state index contributed by atoms with van der Waals surface area (Å²) in [7, 11) is 0. The quantitative estimate of drug-likeness (QED) is 0.507. The van der Waals surface area contributed by atoms with Gasteiger partial charge in [-0.05, 0) is 72.0 Å². The van der Waals surface area contributed by atoms with Gasteiger partial charge in [-0.2, -0.15) is 0 Å². The first-order chi connectivity index (χ1) is 6.79. The van der Waals surface area contributed by atoms with Gasteiger partial charge < -0.3 is 4.74 Å². The summed E-state index contributed by atoms with van der Waals surface area (Å²) in [5.74, 6) is -0.372. The molecule has 1 aromatic rings. The van der Waals surface area contributed by atoms with Gasteiger partial charge in [0.05, 0.1) is 0 Å². The summed E-state index contributed by atoms with van der Waals surface area (Å²) in [6.07, 6.45) is 1.65. The maximum Gasteiger partial charge on any atom is 0.358 e. The zero-order valence-corrected chi connectivity index (χ0v) is 13.0. The minimum Gasteiger partial charge on any atom is -0.455 e. The molecule has 82 valence electrons. The lowest BCUT2D eigenvalue weighted by Gasteiger charge is -2.19. The zero-order valence-electron chi connectivity index (χ0n) is 8.67. The molecular formula is C10H11I2NO2. The minimum absolute atomic E-state index is 0.372. The van der Waals surface area contributed by atoms with E-state index < -0.39 is 5.60 Å². The number of nitrogens with zero attached hydrogens (tertiary/aromatic N) is 1. The molecule has 0 aliphatic heterocycles. The molecule has 0 saturated carbocycles. The van der Waals surface area contributed by atoms with Crippen LogP contribution in [0.15, 0.2) is 12.3 Å². The van der Waals surface area contributed by atoms with E-state index in [0.717, 1.165) is 7.14 Å². The molecule has 5 heteroatoms. The van der Waals surface area contributed by atoms with Gasteiger partial charge in [0.1, 0.15) is 5.60 Å². The summed E-state index contributed by atoms with van der Waals surface area (Å²) in [6, 6.07) is 1.90. The standard InChI is InChI=1S/C10H11I2NO2/c1-10(2,3)15-9(14)8-7(12)4-6(11)5-13-8/h4-5H,1-3H3. The lowest BCUT2D eigenvalue weighted by atomic mass is 10.2. The van der Waals surface area contributed by atoms with Crippen LogP contribution in [-0.2, 0) is 4.74 Å². The molecule has 0 atom stereocenters. The summed E-state index contributed by atoms with van der Waals surface area (Å²) >= 11 is 4.24. The van der Waals surface area contributed by atoms with Gasteiger partial charge >= 0.3 is 5.97 Å². The fraction of sp³-hybridized carbons (Fsp3) is 0.400. The van der Waals surface area contributed by atoms with Gasteiger partial charge in [-0.25, -0.2) is 9.78 Å². The van der Waals surface area contributed by atoms with Crippen molar-refractivity contribution in [3.63, 3.8) is 0 Å². The van der Waals surface area contributed by atoms with Crippen LogP contribution < -0.4 is 0 Å². The van der Waals surface area contributed by atoms with Crippen molar-refractivity contribution in [3.05, 3.63) is 25.1 Å². The summed E-state index contributed by atoms with van der Waals surface area (Å²) < 4.78 is 7.05. The second-order valence-corrected chi connectivity index (χ2v) is 6.39. The highest BCUT2D eigenvalue weighted by atomic mass is 127. The predicted octanol–water partition coefficient (Wildman–Crippen LogP) is 3.25. The average Bonchev–Trinajstić information content (AvgIpc) is 1.99. The van der Waals surface area contributed by atoms with Gasteiger partial charge in [-0.15, -0.1) is 0 Å². The van der Waals surface area contributed by atoms with Crippen LogP contribution in [0.5, 0.6) is 0 Å². The summed E-state index contributed by atoms with van der Waals surface area (Å²) in [5, 5.41) is 0. The van der Waals surface area contributed by atoms with Crippen molar-refractivity contribution < 1.29 is 9.53 Å². The van der Waals surface area contributed by atoms with Crippen molar-refractivity contribution in [3.8, 4) is 0 Å². The summed E-state index contributed by atoms with van der Waals surface area (Å²) in [6.45, 7) is 5.51. The Balaban J connectivity index is 2.92. The van der Waals surface area contributed by atoms with Crippen molar-refractivity contribution in [2.75, 3.05) is 0 Å². The number of rotatable bonds is 1. The molecule has 1 heterocycles. The molecule has 1 aromatic heterocycles. The van der Waals surface area contributed by atoms with Crippen LogP contribution in [-0.4, -0.2) is 16.6 Å². The van der Waals surface area contributed by atoms with E-state index in [2.05, 4.69) is 50.2 Å². The molecule has 0 N–H and O–H groups in total. The van der Waals surface area contributed by atoms with E-state index in [9.17, 15) is 4.79 Å². The second-order valence-electron chi connectivity index (χ2n) is 3.99. The van der Waals surface area contributed by atoms with Gasteiger partial charge in [-0.3, -0.25) is 0 Å². The summed E-state index contributed by atoms with van der Waals surface area (Å²) in [4.78, 5) is 15.8. The van der Waals surface area contributed by atoms with E-state index in [4.69, 9.17) is 4.74 Å². The highest BCUT2D eigenvalue weighted by Crippen LogP contribution is 2.17. The Morgan fingerprint density at radius 2 is 2.00 bits per heavy atom. The van der Waals surface area contributed by atoms with Gasteiger partial charge in [0, 0.05) is 13.3 Å². The third kappa shape index (κ3) is 4.21. The lowest BCUT2D eigenvalue weighted by Crippen LogP contribution is -2.25. The SMILES string of the molecule is CC(C)(C)OC(=O)c1ncc(I)cc1I. The Hall–Kier alpha value is 0.0800. The molecule has 0 aromatic carbocycles. The van der Waals surface area contributed by atoms with E-state index in [1.165, 1.54) is 0 Å². The molecule has 0 aliphatic carbocycles. The van der Waals surface area contributed by atoms with Crippen LogP contribution in [0.2, 0.25) is 0 Å². The number of ether oxygens (including phenoxy) is 1. The van der Waals surface area contributed by atoms with E-state index >= 15 is 0 Å². The Morgan fingerprint density at radius 1 is 1.40 bits per heavy atom. The van der Waals surface area contributed by atoms with Crippen molar-refractivity contribution in [2.45, 2.75) is 26.4 Å². The molecule has 0 spiro atoms. The average molecular weight is 431 g/mol. The number of hydrogen-bond acceptors (Lipinski definition) is 3. The normalized spacial score (nSPS) is 11.3. The minimum atomic E-state index is -0.481. The fourth-order valence-electron chi connectivity index (χ4n) is 0.891. The van der Waals surface area contributed by atoms with Gasteiger partial charge in [-0.1, -0.05) is 0 Å². The van der Waals surface area contributed by atoms with Gasteiger partial charge in [0.25, 0.3) is 0 Å². The highest BCUT2D eigenvalue weighted by molar-refractivity contribution is 14.1. The monoisotopic (exact) mass is 431 g/mol. The van der Waals surface area contributed by atoms with E-state index in [-0.39, 0.29) is 5.97 Å². The van der Waals surface area contributed by atoms with Crippen LogP contribution in [0, 0.1) is 7.14 Å². The maximum absolute atomic E-state index is 11.7. The van der Waals surface area contributed by atoms with Gasteiger partial charge in [0.15, 0.2) is 5.69 Å². The second kappa shape index (κ2) is 4.94. The first-order valence-corrected chi connectivity index (χ1v) is 6.50. The molecule has 0 bridgehead atoms. The molecule has 3 nitrogen and oxygen atoms in total. The van der Waals surface area contributed by atoms with E-state index in [1.54, 1.807) is 6.20 Å². The Kier molecular flexibility index (Phi) is 4.33. The third-order valence-corrected chi connectivity index (χ3v) is 2.81. The number of esters is 1. The predicted molar refractivity (Wildman–Crippen MR) is 74.8 cm³/mol. The zero-order chi connectivity index (χ0) is 11.6. The number of carbonyl (C=O) groups excluding carboxylic acids is 1. The number of aromatic nitrogens is 1. The highest BCUT2D eigenvalue weighted by Gasteiger charge is 2.20. The van der Waals surface area contributed by atoms with E-state index in [1.807, 2.05) is 26.8 Å². The largest absolute Gasteiger partial charge is 0.455 e. The summed E-state index contributed by atoms with van der Waals surface area (Å²) in [5.41, 5.74) is -0.101. The molecule has 0 amide bonds. The number of hydrogen-bond donors (Lipinski definition) is 0. The molecule has 0 fully saturated rings. The first kappa shape index (κ1) is 13.1. The maximum atomic E-state index is 11.7. The number of carbonyl (C=O) groups is 1. The Morgan fingerprint density at radius 3 is 2.47 bits per heavy atom. The Labute approximate surface area is 116 Å². The van der Waals surface area contributed by atoms with Crippen LogP contribution in [0.3, 0.4) is 0 Å². The van der Waals surface area contributed by atoms with Crippen molar-refractivity contribution in [1.29, 1.82) is 0 Å². The van der Waals surface area contributed by atoms with Gasteiger partial charge in [0.2, 0.25) is 0 Å². The van der Waals surface area contributed by atoms with Crippen LogP contribution in [0.1, 0.15) is 31.3 Å². The molecule has 15 heavy (non-hydrogen) atoms. The topological polar surface area (TPSA) is 39.2 Å². The molecular weight excluding hydrogens is 420 g/mol. The van der Waals surface area contributed by atoms with Crippen LogP contribution in [0.4, 0.5) is 0 Å². The molecule has 0 saturated heterocycles. The van der Waals surface area contributed by atoms with Crippen molar-refractivity contribution in [2.24, 2.45) is 0 Å². The van der Waals surface area contributed by atoms with Crippen LogP contribution in [0.25, 0.3) is 0 Å². The third-order valence-electron chi connectivity index (χ3n) is 1.40. The van der Waals surface area contributed by atoms with Crippen molar-refractivity contribution >= 4 is 51.2 Å². The molecule has 0 radical (unpaired) electrons. The molecule has 1 rings (SSSR count). The first-order valence-electron chi connectivity index (χ1n) is 4.34.